The molecule has 1 unspecified atom stereocenters. The van der Waals surface area contributed by atoms with Crippen LogP contribution in [0.3, 0.4) is 0 Å². The zero-order valence-corrected chi connectivity index (χ0v) is 10.7. The summed E-state index contributed by atoms with van der Waals surface area (Å²) in [5.74, 6) is 0.363. The Morgan fingerprint density at radius 2 is 2.07 bits per heavy atom. The van der Waals surface area contributed by atoms with Crippen molar-refractivity contribution in [1.29, 1.82) is 0 Å². The third-order valence-corrected chi connectivity index (χ3v) is 2.48. The molecule has 1 amide bonds. The molecule has 1 saturated heterocycles. The average Bonchev–Trinajstić information content (AvgIpc) is 2.30. The number of carbonyl (C=O) groups excluding carboxylic acids is 1. The van der Waals surface area contributed by atoms with Crippen LogP contribution < -0.4 is 0 Å². The number of morpholine rings is 1. The van der Waals surface area contributed by atoms with Crippen molar-refractivity contribution in [3.8, 4) is 0 Å². The first-order valence-electron chi connectivity index (χ1n) is 6.05. The van der Waals surface area contributed by atoms with Gasteiger partial charge in [0.2, 0.25) is 5.91 Å². The van der Waals surface area contributed by atoms with Gasteiger partial charge in [-0.05, 0) is 6.42 Å². The first-order chi connectivity index (χ1) is 7.16. The average molecular weight is 215 g/mol. The third-order valence-electron chi connectivity index (χ3n) is 2.48. The molecule has 15 heavy (non-hydrogen) atoms. The van der Waals surface area contributed by atoms with Gasteiger partial charge in [0, 0.05) is 12.5 Å². The van der Waals surface area contributed by atoms with E-state index in [9.17, 15) is 4.79 Å². The minimum Gasteiger partial charge on any atom is -0.377 e. The summed E-state index contributed by atoms with van der Waals surface area (Å²) in [4.78, 5) is 13.7. The highest BCUT2D eigenvalue weighted by molar-refractivity contribution is 5.78. The predicted octanol–water partition coefficient (Wildman–Crippen LogP) is 2.31. The molecule has 0 spiro atoms. The molecule has 0 saturated carbocycles. The van der Waals surface area contributed by atoms with Crippen molar-refractivity contribution in [3.63, 3.8) is 0 Å². The number of rotatable bonds is 2. The van der Waals surface area contributed by atoms with Gasteiger partial charge < -0.3 is 9.64 Å². The van der Waals surface area contributed by atoms with E-state index in [-0.39, 0.29) is 11.8 Å². The van der Waals surface area contributed by atoms with Gasteiger partial charge in [-0.1, -0.05) is 34.6 Å². The summed E-state index contributed by atoms with van der Waals surface area (Å²) in [6.45, 7) is 12.1. The highest BCUT2D eigenvalue weighted by Gasteiger charge is 2.26. The highest BCUT2D eigenvalue weighted by atomic mass is 16.5. The van der Waals surface area contributed by atoms with E-state index in [0.717, 1.165) is 13.0 Å². The molecule has 1 aliphatic rings. The lowest BCUT2D eigenvalue weighted by Crippen LogP contribution is -2.49. The van der Waals surface area contributed by atoms with Crippen molar-refractivity contribution < 1.29 is 9.53 Å². The Kier molecular flexibility index (Phi) is 7.39. The maximum absolute atomic E-state index is 11.7. The molecule has 0 bridgehead atoms. The zero-order valence-electron chi connectivity index (χ0n) is 10.7. The van der Waals surface area contributed by atoms with E-state index in [1.54, 1.807) is 0 Å². The molecule has 0 radical (unpaired) electrons. The number of ether oxygens (including phenoxy) is 1. The van der Waals surface area contributed by atoms with Crippen molar-refractivity contribution >= 4 is 5.91 Å². The summed E-state index contributed by atoms with van der Waals surface area (Å²) in [5.41, 5.74) is 0. The van der Waals surface area contributed by atoms with Crippen molar-refractivity contribution in [1.82, 2.24) is 4.90 Å². The van der Waals surface area contributed by atoms with Gasteiger partial charge in [-0.3, -0.25) is 4.79 Å². The van der Waals surface area contributed by atoms with Gasteiger partial charge in [0.15, 0.2) is 0 Å². The summed E-state index contributed by atoms with van der Waals surface area (Å²) in [6.07, 6.45) is 0.985. The Morgan fingerprint density at radius 3 is 2.53 bits per heavy atom. The van der Waals surface area contributed by atoms with Gasteiger partial charge in [-0.25, -0.2) is 0 Å². The minimum absolute atomic E-state index is 0.104. The van der Waals surface area contributed by atoms with E-state index in [2.05, 4.69) is 6.92 Å². The topological polar surface area (TPSA) is 29.5 Å². The Hall–Kier alpha value is -0.570. The molecule has 0 aromatic rings. The van der Waals surface area contributed by atoms with Crippen LogP contribution in [-0.2, 0) is 9.53 Å². The Morgan fingerprint density at radius 1 is 1.47 bits per heavy atom. The number of hydrogen-bond donors (Lipinski definition) is 0. The number of carbonyl (C=O) groups is 1. The lowest BCUT2D eigenvalue weighted by atomic mass is 10.1. The molecular weight excluding hydrogens is 190 g/mol. The van der Waals surface area contributed by atoms with Crippen LogP contribution in [0, 0.1) is 5.92 Å². The smallest absolute Gasteiger partial charge is 0.225 e. The largest absolute Gasteiger partial charge is 0.377 e. The van der Waals surface area contributed by atoms with Crippen LogP contribution in [0.15, 0.2) is 0 Å². The SMILES string of the molecule is CC.CCC1COCCN1C(=O)C(C)C. The maximum Gasteiger partial charge on any atom is 0.225 e. The van der Waals surface area contributed by atoms with E-state index in [1.807, 2.05) is 32.6 Å². The molecule has 3 heteroatoms. The van der Waals surface area contributed by atoms with Gasteiger partial charge >= 0.3 is 0 Å². The number of nitrogens with zero attached hydrogens (tertiary/aromatic N) is 1. The fourth-order valence-electron chi connectivity index (χ4n) is 1.61. The van der Waals surface area contributed by atoms with E-state index >= 15 is 0 Å². The van der Waals surface area contributed by atoms with E-state index < -0.39 is 0 Å². The molecule has 1 rings (SSSR count). The van der Waals surface area contributed by atoms with E-state index in [4.69, 9.17) is 4.74 Å². The normalized spacial score (nSPS) is 20.9. The second kappa shape index (κ2) is 7.69. The molecule has 0 aromatic heterocycles. The summed E-state index contributed by atoms with van der Waals surface area (Å²) >= 11 is 0. The van der Waals surface area contributed by atoms with E-state index in [1.165, 1.54) is 0 Å². The van der Waals surface area contributed by atoms with Crippen LogP contribution >= 0.6 is 0 Å². The molecule has 1 fully saturated rings. The van der Waals surface area contributed by atoms with Gasteiger partial charge in [-0.2, -0.15) is 0 Å². The molecule has 0 N–H and O–H groups in total. The minimum atomic E-state index is 0.104. The molecule has 1 atom stereocenters. The van der Waals surface area contributed by atoms with Gasteiger partial charge in [0.1, 0.15) is 0 Å². The van der Waals surface area contributed by atoms with Crippen LogP contribution in [0.25, 0.3) is 0 Å². The highest BCUT2D eigenvalue weighted by Crippen LogP contribution is 2.13. The first kappa shape index (κ1) is 14.4. The fraction of sp³-hybridized carbons (Fsp3) is 0.917. The Balaban J connectivity index is 0.000000921. The van der Waals surface area contributed by atoms with E-state index in [0.29, 0.717) is 19.3 Å². The zero-order chi connectivity index (χ0) is 11.8. The lowest BCUT2D eigenvalue weighted by Gasteiger charge is -2.36. The summed E-state index contributed by atoms with van der Waals surface area (Å²) in [6, 6.07) is 0.295. The van der Waals surface area contributed by atoms with Gasteiger partial charge in [-0.15, -0.1) is 0 Å². The van der Waals surface area contributed by atoms with Crippen LogP contribution in [-0.4, -0.2) is 36.6 Å². The van der Waals surface area contributed by atoms with Crippen LogP contribution in [0.5, 0.6) is 0 Å². The van der Waals surface area contributed by atoms with Gasteiger partial charge in [0.25, 0.3) is 0 Å². The molecule has 90 valence electrons. The quantitative estimate of drug-likeness (QED) is 0.707. The molecule has 1 heterocycles. The van der Waals surface area contributed by atoms with Crippen molar-refractivity contribution in [2.75, 3.05) is 19.8 Å². The third kappa shape index (κ3) is 4.20. The Labute approximate surface area is 93.8 Å². The number of amides is 1. The molecule has 3 nitrogen and oxygen atoms in total. The summed E-state index contributed by atoms with van der Waals surface area (Å²) in [5, 5.41) is 0. The summed E-state index contributed by atoms with van der Waals surface area (Å²) in [7, 11) is 0. The molecule has 0 aromatic carbocycles. The van der Waals surface area contributed by atoms with Crippen molar-refractivity contribution in [2.24, 2.45) is 5.92 Å². The lowest BCUT2D eigenvalue weighted by molar-refractivity contribution is -0.143. The Bertz CT molecular complexity index is 180. The predicted molar refractivity (Wildman–Crippen MR) is 62.8 cm³/mol. The number of hydrogen-bond acceptors (Lipinski definition) is 2. The molecule has 0 aliphatic carbocycles. The first-order valence-corrected chi connectivity index (χ1v) is 6.05. The maximum atomic E-state index is 11.7. The van der Waals surface area contributed by atoms with Crippen LogP contribution in [0.4, 0.5) is 0 Å². The second-order valence-electron chi connectivity index (χ2n) is 3.82. The van der Waals surface area contributed by atoms with Crippen molar-refractivity contribution in [2.45, 2.75) is 47.1 Å². The standard InChI is InChI=1S/C10H19NO2.C2H6/c1-4-9-7-13-6-5-11(9)10(12)8(2)3;1-2/h8-9H,4-7H2,1-3H3;1-2H3. The summed E-state index contributed by atoms with van der Waals surface area (Å²) < 4.78 is 5.34. The van der Waals surface area contributed by atoms with Crippen LogP contribution in [0.1, 0.15) is 41.0 Å². The molecule has 1 aliphatic heterocycles. The van der Waals surface area contributed by atoms with Crippen molar-refractivity contribution in [3.05, 3.63) is 0 Å². The van der Waals surface area contributed by atoms with Gasteiger partial charge in [0.05, 0.1) is 19.3 Å². The van der Waals surface area contributed by atoms with Crippen LogP contribution in [0.2, 0.25) is 0 Å². The monoisotopic (exact) mass is 215 g/mol. The fourth-order valence-corrected chi connectivity index (χ4v) is 1.61. The second-order valence-corrected chi connectivity index (χ2v) is 3.82. The molecular formula is C12H25NO2.